The Morgan fingerprint density at radius 3 is 2.89 bits per heavy atom. The summed E-state index contributed by atoms with van der Waals surface area (Å²) in [6.07, 6.45) is 5.39. The van der Waals surface area contributed by atoms with Crippen LogP contribution in [0.15, 0.2) is 42.9 Å². The zero-order valence-electron chi connectivity index (χ0n) is 10.2. The summed E-state index contributed by atoms with van der Waals surface area (Å²) in [6, 6.07) is 8.29. The Morgan fingerprint density at radius 2 is 2.11 bits per heavy atom. The smallest absolute Gasteiger partial charge is 0.161 e. The average molecular weight is 238 g/mol. The molecule has 18 heavy (non-hydrogen) atoms. The molecule has 0 saturated carbocycles. The highest BCUT2D eigenvalue weighted by atomic mass is 15.2. The third kappa shape index (κ3) is 1.67. The van der Waals surface area contributed by atoms with Gasteiger partial charge in [-0.05, 0) is 29.7 Å². The van der Waals surface area contributed by atoms with Crippen LogP contribution < -0.4 is 5.73 Å². The van der Waals surface area contributed by atoms with E-state index >= 15 is 0 Å². The van der Waals surface area contributed by atoms with Gasteiger partial charge in [-0.3, -0.25) is 0 Å². The minimum Gasteiger partial charge on any atom is -0.326 e. The van der Waals surface area contributed by atoms with E-state index < -0.39 is 0 Å². The number of benzene rings is 1. The van der Waals surface area contributed by atoms with Crippen molar-refractivity contribution in [3.8, 4) is 11.1 Å². The molecule has 0 atom stereocenters. The molecule has 2 heterocycles. The van der Waals surface area contributed by atoms with E-state index in [1.54, 1.807) is 16.9 Å². The van der Waals surface area contributed by atoms with Crippen molar-refractivity contribution < 1.29 is 0 Å². The van der Waals surface area contributed by atoms with Crippen molar-refractivity contribution >= 4 is 5.65 Å². The van der Waals surface area contributed by atoms with E-state index in [2.05, 4.69) is 35.2 Å². The first-order valence-electron chi connectivity index (χ1n) is 5.88. The molecule has 2 aromatic heterocycles. The van der Waals surface area contributed by atoms with Gasteiger partial charge in [-0.1, -0.05) is 18.2 Å². The quantitative estimate of drug-likeness (QED) is 0.744. The number of rotatable bonds is 2. The Labute approximate surface area is 105 Å². The largest absolute Gasteiger partial charge is 0.326 e. The van der Waals surface area contributed by atoms with Crippen LogP contribution in [-0.4, -0.2) is 14.6 Å². The topological polar surface area (TPSA) is 56.2 Å². The van der Waals surface area contributed by atoms with Crippen LogP contribution in [0.4, 0.5) is 0 Å². The van der Waals surface area contributed by atoms with E-state index in [1.165, 1.54) is 11.1 Å². The fourth-order valence-electron chi connectivity index (χ4n) is 2.15. The van der Waals surface area contributed by atoms with Gasteiger partial charge in [-0.15, -0.1) is 0 Å². The number of nitrogens with zero attached hydrogens (tertiary/aromatic N) is 3. The summed E-state index contributed by atoms with van der Waals surface area (Å²) in [5, 5.41) is 4.22. The molecular weight excluding hydrogens is 224 g/mol. The van der Waals surface area contributed by atoms with Gasteiger partial charge in [0.15, 0.2) is 5.65 Å². The predicted octanol–water partition coefficient (Wildman–Crippen LogP) is 2.16. The molecule has 0 fully saturated rings. The summed E-state index contributed by atoms with van der Waals surface area (Å²) < 4.78 is 1.78. The van der Waals surface area contributed by atoms with Crippen molar-refractivity contribution in [1.82, 2.24) is 14.6 Å². The fourth-order valence-corrected chi connectivity index (χ4v) is 2.15. The normalized spacial score (nSPS) is 11.0. The molecule has 0 spiro atoms. The van der Waals surface area contributed by atoms with E-state index in [4.69, 9.17) is 5.73 Å². The van der Waals surface area contributed by atoms with Gasteiger partial charge in [0.1, 0.15) is 0 Å². The predicted molar refractivity (Wildman–Crippen MR) is 71.1 cm³/mol. The minimum atomic E-state index is 0.571. The van der Waals surface area contributed by atoms with Crippen LogP contribution in [0.5, 0.6) is 0 Å². The Morgan fingerprint density at radius 1 is 1.22 bits per heavy atom. The maximum Gasteiger partial charge on any atom is 0.161 e. The molecular formula is C14H14N4. The molecule has 4 nitrogen and oxygen atoms in total. The lowest BCUT2D eigenvalue weighted by Gasteiger charge is -2.07. The van der Waals surface area contributed by atoms with E-state index in [9.17, 15) is 0 Å². The number of fused-ring (bicyclic) bond motifs is 1. The minimum absolute atomic E-state index is 0.571. The van der Waals surface area contributed by atoms with Gasteiger partial charge >= 0.3 is 0 Å². The third-order valence-electron chi connectivity index (χ3n) is 3.17. The molecule has 0 saturated heterocycles. The molecule has 0 aliphatic carbocycles. The summed E-state index contributed by atoms with van der Waals surface area (Å²) >= 11 is 0. The molecule has 0 radical (unpaired) electrons. The maximum atomic E-state index is 5.69. The van der Waals surface area contributed by atoms with E-state index in [0.29, 0.717) is 6.54 Å². The second-order valence-electron chi connectivity index (χ2n) is 4.29. The average Bonchev–Trinajstić information content (AvgIpc) is 2.86. The summed E-state index contributed by atoms with van der Waals surface area (Å²) in [5.41, 5.74) is 11.2. The van der Waals surface area contributed by atoms with Crippen molar-refractivity contribution in [3.63, 3.8) is 0 Å². The highest BCUT2D eigenvalue weighted by Crippen LogP contribution is 2.24. The molecule has 0 unspecified atom stereocenters. The van der Waals surface area contributed by atoms with Gasteiger partial charge in [0.05, 0.1) is 0 Å². The maximum absolute atomic E-state index is 5.69. The first kappa shape index (κ1) is 10.9. The van der Waals surface area contributed by atoms with Gasteiger partial charge in [-0.2, -0.15) is 5.10 Å². The first-order valence-corrected chi connectivity index (χ1v) is 5.88. The number of hydrogen-bond acceptors (Lipinski definition) is 3. The van der Waals surface area contributed by atoms with Crippen LogP contribution in [0, 0.1) is 6.92 Å². The Bertz CT molecular complexity index is 700. The summed E-state index contributed by atoms with van der Waals surface area (Å²) in [6.45, 7) is 2.65. The van der Waals surface area contributed by atoms with Gasteiger partial charge in [0, 0.05) is 30.7 Å². The van der Waals surface area contributed by atoms with Crippen molar-refractivity contribution in [2.24, 2.45) is 5.73 Å². The van der Waals surface area contributed by atoms with Crippen LogP contribution >= 0.6 is 0 Å². The van der Waals surface area contributed by atoms with Crippen LogP contribution in [-0.2, 0) is 6.54 Å². The van der Waals surface area contributed by atoms with Gasteiger partial charge in [0.25, 0.3) is 0 Å². The highest BCUT2D eigenvalue weighted by molar-refractivity contribution is 5.77. The Kier molecular flexibility index (Phi) is 2.57. The molecule has 90 valence electrons. The molecule has 0 amide bonds. The van der Waals surface area contributed by atoms with Crippen molar-refractivity contribution in [2.75, 3.05) is 0 Å². The second-order valence-corrected chi connectivity index (χ2v) is 4.29. The third-order valence-corrected chi connectivity index (χ3v) is 3.17. The summed E-state index contributed by atoms with van der Waals surface area (Å²) in [5.74, 6) is 0. The molecule has 0 aliphatic rings. The van der Waals surface area contributed by atoms with Gasteiger partial charge in [0.2, 0.25) is 0 Å². The van der Waals surface area contributed by atoms with Gasteiger partial charge in [-0.25, -0.2) is 9.50 Å². The lowest BCUT2D eigenvalue weighted by atomic mass is 10.0. The summed E-state index contributed by atoms with van der Waals surface area (Å²) in [4.78, 5) is 4.34. The molecule has 3 aromatic rings. The van der Waals surface area contributed by atoms with Crippen molar-refractivity contribution in [3.05, 3.63) is 54.0 Å². The first-order chi connectivity index (χ1) is 8.79. The molecule has 1 aromatic carbocycles. The van der Waals surface area contributed by atoms with E-state index in [1.807, 2.05) is 12.3 Å². The number of nitrogens with two attached hydrogens (primary N) is 1. The van der Waals surface area contributed by atoms with Gasteiger partial charge < -0.3 is 5.73 Å². The lowest BCUT2D eigenvalue weighted by molar-refractivity contribution is 0.937. The van der Waals surface area contributed by atoms with Crippen LogP contribution in [0.1, 0.15) is 11.1 Å². The van der Waals surface area contributed by atoms with Crippen LogP contribution in [0.2, 0.25) is 0 Å². The van der Waals surface area contributed by atoms with Crippen LogP contribution in [0.3, 0.4) is 0 Å². The van der Waals surface area contributed by atoms with E-state index in [0.717, 1.165) is 16.8 Å². The fraction of sp³-hybridized carbons (Fsp3) is 0.143. The SMILES string of the molecule is Cc1cc(-c2ccnn3ccnc23)ccc1CN. The number of imidazole rings is 1. The Hall–Kier alpha value is -2.20. The molecule has 3 rings (SSSR count). The zero-order valence-corrected chi connectivity index (χ0v) is 10.2. The monoisotopic (exact) mass is 238 g/mol. The number of aryl methyl sites for hydroxylation is 1. The second kappa shape index (κ2) is 4.23. The standard InChI is InChI=1S/C14H14N4/c1-10-8-11(2-3-12(10)9-15)13-4-5-17-18-7-6-16-14(13)18/h2-8H,9,15H2,1H3. The highest BCUT2D eigenvalue weighted by Gasteiger charge is 2.07. The number of aromatic nitrogens is 3. The number of hydrogen-bond donors (Lipinski definition) is 1. The molecule has 4 heteroatoms. The summed E-state index contributed by atoms with van der Waals surface area (Å²) in [7, 11) is 0. The van der Waals surface area contributed by atoms with E-state index in [-0.39, 0.29) is 0 Å². The molecule has 2 N–H and O–H groups in total. The lowest BCUT2D eigenvalue weighted by Crippen LogP contribution is -1.99. The molecule has 0 bridgehead atoms. The Balaban J connectivity index is 2.20. The zero-order chi connectivity index (χ0) is 12.5. The van der Waals surface area contributed by atoms with Crippen LogP contribution in [0.25, 0.3) is 16.8 Å². The van der Waals surface area contributed by atoms with Crippen molar-refractivity contribution in [1.29, 1.82) is 0 Å². The molecule has 0 aliphatic heterocycles. The van der Waals surface area contributed by atoms with Crippen molar-refractivity contribution in [2.45, 2.75) is 13.5 Å².